The molecule has 1 aromatic heterocycles. The van der Waals surface area contributed by atoms with Crippen LogP contribution >= 0.6 is 0 Å². The van der Waals surface area contributed by atoms with Crippen molar-refractivity contribution in [3.63, 3.8) is 0 Å². The minimum Gasteiger partial charge on any atom is -0.379 e. The molecule has 0 fully saturated rings. The topological polar surface area (TPSA) is 42.3 Å². The fourth-order valence-corrected chi connectivity index (χ4v) is 1.63. The van der Waals surface area contributed by atoms with Crippen molar-refractivity contribution in [1.82, 2.24) is 20.0 Å². The molecule has 0 aliphatic rings. The number of ether oxygens (including phenoxy) is 1. The zero-order chi connectivity index (χ0) is 13.2. The van der Waals surface area contributed by atoms with E-state index in [1.165, 1.54) is 5.69 Å². The van der Waals surface area contributed by atoms with Crippen LogP contribution in [0.25, 0.3) is 0 Å². The van der Waals surface area contributed by atoms with Gasteiger partial charge in [-0.25, -0.2) is 0 Å². The summed E-state index contributed by atoms with van der Waals surface area (Å²) in [6, 6.07) is 2.07. The van der Waals surface area contributed by atoms with Crippen molar-refractivity contribution in [2.45, 2.75) is 26.4 Å². The van der Waals surface area contributed by atoms with Crippen LogP contribution in [0.1, 0.15) is 19.0 Å². The van der Waals surface area contributed by atoms with Gasteiger partial charge in [0.1, 0.15) is 0 Å². The van der Waals surface area contributed by atoms with Crippen molar-refractivity contribution in [3.05, 3.63) is 18.0 Å². The lowest BCUT2D eigenvalue weighted by Crippen LogP contribution is -2.24. The van der Waals surface area contributed by atoms with E-state index in [1.54, 1.807) is 0 Å². The van der Waals surface area contributed by atoms with Gasteiger partial charge in [-0.05, 0) is 26.6 Å². The van der Waals surface area contributed by atoms with E-state index in [0.717, 1.165) is 45.8 Å². The molecular formula is C13H26N4O. The molecule has 1 aromatic rings. The zero-order valence-electron chi connectivity index (χ0n) is 11.9. The minimum absolute atomic E-state index is 0.760. The van der Waals surface area contributed by atoms with Crippen LogP contribution in [0.4, 0.5) is 0 Å². The normalized spacial score (nSPS) is 11.3. The van der Waals surface area contributed by atoms with Crippen molar-refractivity contribution >= 4 is 0 Å². The average molecular weight is 254 g/mol. The molecule has 0 atom stereocenters. The molecule has 5 nitrogen and oxygen atoms in total. The summed E-state index contributed by atoms with van der Waals surface area (Å²) in [7, 11) is 4.10. The molecule has 0 aliphatic heterocycles. The molecule has 1 N–H and O–H groups in total. The maximum absolute atomic E-state index is 5.52. The fourth-order valence-electron chi connectivity index (χ4n) is 1.63. The standard InChI is InChI=1S/C13H26N4O/c1-4-8-17-13(5-6-15-17)12-14-7-10-18-11-9-16(2)3/h5-6,14H,4,7-12H2,1-3H3. The van der Waals surface area contributed by atoms with E-state index in [1.807, 2.05) is 6.20 Å². The van der Waals surface area contributed by atoms with Crippen molar-refractivity contribution in [1.29, 1.82) is 0 Å². The molecule has 0 saturated carbocycles. The van der Waals surface area contributed by atoms with Gasteiger partial charge in [0.2, 0.25) is 0 Å². The van der Waals surface area contributed by atoms with E-state index in [2.05, 4.69) is 47.1 Å². The van der Waals surface area contributed by atoms with Gasteiger partial charge >= 0.3 is 0 Å². The zero-order valence-corrected chi connectivity index (χ0v) is 11.9. The van der Waals surface area contributed by atoms with Gasteiger partial charge in [0.25, 0.3) is 0 Å². The van der Waals surface area contributed by atoms with Crippen LogP contribution in [0.2, 0.25) is 0 Å². The van der Waals surface area contributed by atoms with Gasteiger partial charge < -0.3 is 15.0 Å². The number of nitrogens with one attached hydrogen (secondary N) is 1. The van der Waals surface area contributed by atoms with E-state index in [0.29, 0.717) is 0 Å². The molecule has 0 saturated heterocycles. The van der Waals surface area contributed by atoms with Crippen LogP contribution in [-0.4, -0.2) is 55.1 Å². The largest absolute Gasteiger partial charge is 0.379 e. The summed E-state index contributed by atoms with van der Waals surface area (Å²) >= 11 is 0. The highest BCUT2D eigenvalue weighted by atomic mass is 16.5. The minimum atomic E-state index is 0.760. The highest BCUT2D eigenvalue weighted by Gasteiger charge is 2.00. The van der Waals surface area contributed by atoms with Gasteiger partial charge in [-0.1, -0.05) is 6.92 Å². The Morgan fingerprint density at radius 3 is 2.94 bits per heavy atom. The first-order valence-electron chi connectivity index (χ1n) is 6.68. The highest BCUT2D eigenvalue weighted by Crippen LogP contribution is 1.99. The maximum atomic E-state index is 5.52. The third-order valence-corrected chi connectivity index (χ3v) is 2.65. The van der Waals surface area contributed by atoms with E-state index in [-0.39, 0.29) is 0 Å². The van der Waals surface area contributed by atoms with Gasteiger partial charge in [-0.15, -0.1) is 0 Å². The first-order valence-corrected chi connectivity index (χ1v) is 6.68. The number of aromatic nitrogens is 2. The maximum Gasteiger partial charge on any atom is 0.0593 e. The Bertz CT molecular complexity index is 312. The molecule has 0 amide bonds. The van der Waals surface area contributed by atoms with E-state index < -0.39 is 0 Å². The molecule has 1 rings (SSSR count). The van der Waals surface area contributed by atoms with Crippen molar-refractivity contribution in [2.24, 2.45) is 0 Å². The third-order valence-electron chi connectivity index (χ3n) is 2.65. The number of hydrogen-bond acceptors (Lipinski definition) is 4. The quantitative estimate of drug-likeness (QED) is 0.632. The molecular weight excluding hydrogens is 228 g/mol. The summed E-state index contributed by atoms with van der Waals surface area (Å²) in [6.45, 7) is 7.42. The lowest BCUT2D eigenvalue weighted by molar-refractivity contribution is 0.119. The molecule has 0 aliphatic carbocycles. The Morgan fingerprint density at radius 1 is 1.39 bits per heavy atom. The third kappa shape index (κ3) is 6.14. The highest BCUT2D eigenvalue weighted by molar-refractivity contribution is 4.99. The molecule has 0 aromatic carbocycles. The van der Waals surface area contributed by atoms with Gasteiger partial charge in [0, 0.05) is 32.4 Å². The van der Waals surface area contributed by atoms with Gasteiger partial charge in [0.05, 0.1) is 18.9 Å². The number of likely N-dealkylation sites (N-methyl/N-ethyl adjacent to an activating group) is 1. The first-order chi connectivity index (χ1) is 8.74. The van der Waals surface area contributed by atoms with Crippen molar-refractivity contribution < 1.29 is 4.74 Å². The van der Waals surface area contributed by atoms with Crippen molar-refractivity contribution in [2.75, 3.05) is 40.4 Å². The lowest BCUT2D eigenvalue weighted by atomic mass is 10.4. The molecule has 0 unspecified atom stereocenters. The fraction of sp³-hybridized carbons (Fsp3) is 0.769. The SMILES string of the molecule is CCCn1nccc1CNCCOCCN(C)C. The molecule has 1 heterocycles. The van der Waals surface area contributed by atoms with Crippen LogP contribution in [0.5, 0.6) is 0 Å². The van der Waals surface area contributed by atoms with Crippen molar-refractivity contribution in [3.8, 4) is 0 Å². The number of nitrogens with zero attached hydrogens (tertiary/aromatic N) is 3. The number of aryl methyl sites for hydroxylation is 1. The molecule has 18 heavy (non-hydrogen) atoms. The Morgan fingerprint density at radius 2 is 2.22 bits per heavy atom. The second-order valence-corrected chi connectivity index (χ2v) is 4.64. The molecule has 0 bridgehead atoms. The van der Waals surface area contributed by atoms with Gasteiger partial charge in [-0.3, -0.25) is 4.68 Å². The Balaban J connectivity index is 2.05. The monoisotopic (exact) mass is 254 g/mol. The Labute approximate surface area is 110 Å². The predicted molar refractivity (Wildman–Crippen MR) is 73.6 cm³/mol. The van der Waals surface area contributed by atoms with Crippen LogP contribution in [0.3, 0.4) is 0 Å². The van der Waals surface area contributed by atoms with E-state index >= 15 is 0 Å². The average Bonchev–Trinajstić information content (AvgIpc) is 2.76. The van der Waals surface area contributed by atoms with Crippen LogP contribution in [0, 0.1) is 0 Å². The van der Waals surface area contributed by atoms with E-state index in [4.69, 9.17) is 4.74 Å². The van der Waals surface area contributed by atoms with E-state index in [9.17, 15) is 0 Å². The predicted octanol–water partition coefficient (Wildman–Crippen LogP) is 0.961. The van der Waals surface area contributed by atoms with Gasteiger partial charge in [0.15, 0.2) is 0 Å². The Kier molecular flexibility index (Phi) is 7.64. The first kappa shape index (κ1) is 15.1. The molecule has 104 valence electrons. The summed E-state index contributed by atoms with van der Waals surface area (Å²) in [6.07, 6.45) is 2.97. The second-order valence-electron chi connectivity index (χ2n) is 4.64. The summed E-state index contributed by atoms with van der Waals surface area (Å²) in [4.78, 5) is 2.12. The number of hydrogen-bond donors (Lipinski definition) is 1. The summed E-state index contributed by atoms with van der Waals surface area (Å²) in [5.41, 5.74) is 1.24. The van der Waals surface area contributed by atoms with Crippen LogP contribution in [0.15, 0.2) is 12.3 Å². The van der Waals surface area contributed by atoms with Crippen LogP contribution < -0.4 is 5.32 Å². The lowest BCUT2D eigenvalue weighted by Gasteiger charge is -2.10. The van der Waals surface area contributed by atoms with Crippen LogP contribution in [-0.2, 0) is 17.8 Å². The smallest absolute Gasteiger partial charge is 0.0593 e. The van der Waals surface area contributed by atoms with Gasteiger partial charge in [-0.2, -0.15) is 5.10 Å². The summed E-state index contributed by atoms with van der Waals surface area (Å²) < 4.78 is 7.57. The molecule has 0 radical (unpaired) electrons. The molecule has 5 heteroatoms. The summed E-state index contributed by atoms with van der Waals surface area (Å²) in [5.74, 6) is 0. The second kappa shape index (κ2) is 9.08. The Hall–Kier alpha value is -0.910. The number of rotatable bonds is 10. The summed E-state index contributed by atoms with van der Waals surface area (Å²) in [5, 5.41) is 7.67. The molecule has 0 spiro atoms.